The zero-order valence-corrected chi connectivity index (χ0v) is 7.13. The average molecular weight is 154 g/mol. The molecule has 1 aliphatic carbocycles. The van der Waals surface area contributed by atoms with E-state index in [-0.39, 0.29) is 6.10 Å². The lowest BCUT2D eigenvalue weighted by atomic mass is 9.81. The molecule has 0 aromatic rings. The van der Waals surface area contributed by atoms with Gasteiger partial charge in [0.05, 0.1) is 6.10 Å². The highest BCUT2D eigenvalue weighted by molar-refractivity contribution is 4.75. The summed E-state index contributed by atoms with van der Waals surface area (Å²) in [7, 11) is 0. The van der Waals surface area contributed by atoms with Crippen molar-refractivity contribution in [2.24, 2.45) is 5.92 Å². The van der Waals surface area contributed by atoms with Crippen molar-refractivity contribution < 1.29 is 5.11 Å². The molecule has 0 aromatic heterocycles. The lowest BCUT2D eigenvalue weighted by Gasteiger charge is -2.27. The van der Waals surface area contributed by atoms with Crippen molar-refractivity contribution in [2.75, 3.05) is 0 Å². The second-order valence-electron chi connectivity index (χ2n) is 3.55. The molecule has 0 bridgehead atoms. The fourth-order valence-electron chi connectivity index (χ4n) is 1.54. The Morgan fingerprint density at radius 3 is 2.73 bits per heavy atom. The summed E-state index contributed by atoms with van der Waals surface area (Å²) in [6.45, 7) is 3.63. The zero-order valence-electron chi connectivity index (χ0n) is 7.13. The van der Waals surface area contributed by atoms with E-state index in [1.54, 1.807) is 0 Å². The van der Waals surface area contributed by atoms with Gasteiger partial charge in [-0.15, -0.1) is 6.58 Å². The van der Waals surface area contributed by atoms with E-state index >= 15 is 0 Å². The Bertz CT molecular complexity index is 116. The van der Waals surface area contributed by atoms with Crippen molar-refractivity contribution >= 4 is 0 Å². The first-order valence-electron chi connectivity index (χ1n) is 4.62. The van der Waals surface area contributed by atoms with E-state index in [4.69, 9.17) is 0 Å². The average Bonchev–Trinajstić information content (AvgIpc) is 1.93. The van der Waals surface area contributed by atoms with Crippen molar-refractivity contribution in [3.63, 3.8) is 0 Å². The van der Waals surface area contributed by atoms with E-state index in [0.717, 1.165) is 25.2 Å². The van der Waals surface area contributed by atoms with Crippen LogP contribution in [0.5, 0.6) is 0 Å². The van der Waals surface area contributed by atoms with Crippen LogP contribution in [0.15, 0.2) is 12.7 Å². The molecule has 1 rings (SSSR count). The molecule has 0 aromatic carbocycles. The second kappa shape index (κ2) is 4.55. The van der Waals surface area contributed by atoms with Crippen LogP contribution < -0.4 is 0 Å². The Kier molecular flexibility index (Phi) is 3.64. The molecule has 1 atom stereocenters. The zero-order chi connectivity index (χ0) is 8.10. The van der Waals surface area contributed by atoms with Crippen molar-refractivity contribution in [1.29, 1.82) is 0 Å². The Morgan fingerprint density at radius 2 is 2.27 bits per heavy atom. The van der Waals surface area contributed by atoms with E-state index in [9.17, 15) is 5.11 Å². The van der Waals surface area contributed by atoms with Crippen LogP contribution in [0.4, 0.5) is 0 Å². The van der Waals surface area contributed by atoms with Crippen molar-refractivity contribution in [3.8, 4) is 0 Å². The standard InChI is InChI=1S/C10H18O/c1-2-3-7-10(11)8-9-5-4-6-9/h2,9-11H,1,3-8H2. The van der Waals surface area contributed by atoms with Gasteiger partial charge in [-0.2, -0.15) is 0 Å². The molecule has 0 heterocycles. The van der Waals surface area contributed by atoms with E-state index in [2.05, 4.69) is 6.58 Å². The smallest absolute Gasteiger partial charge is 0.0545 e. The summed E-state index contributed by atoms with van der Waals surface area (Å²) in [5.41, 5.74) is 0. The molecule has 0 aliphatic heterocycles. The highest BCUT2D eigenvalue weighted by Gasteiger charge is 2.20. The molecule has 1 fully saturated rings. The molecule has 1 unspecified atom stereocenters. The van der Waals surface area contributed by atoms with Gasteiger partial charge in [0.15, 0.2) is 0 Å². The largest absolute Gasteiger partial charge is 0.393 e. The lowest BCUT2D eigenvalue weighted by Crippen LogP contribution is -2.18. The minimum Gasteiger partial charge on any atom is -0.393 e. The predicted octanol–water partition coefficient (Wildman–Crippen LogP) is 2.50. The number of aliphatic hydroxyl groups is 1. The summed E-state index contributed by atoms with van der Waals surface area (Å²) in [5, 5.41) is 9.47. The summed E-state index contributed by atoms with van der Waals surface area (Å²) in [5.74, 6) is 0.829. The Labute approximate surface area is 69.1 Å². The molecule has 0 saturated heterocycles. The van der Waals surface area contributed by atoms with Gasteiger partial charge >= 0.3 is 0 Å². The van der Waals surface area contributed by atoms with Crippen LogP contribution in [0.1, 0.15) is 38.5 Å². The molecule has 0 radical (unpaired) electrons. The number of allylic oxidation sites excluding steroid dienone is 1. The predicted molar refractivity (Wildman–Crippen MR) is 47.4 cm³/mol. The van der Waals surface area contributed by atoms with Crippen LogP contribution >= 0.6 is 0 Å². The minimum absolute atomic E-state index is 0.0710. The molecule has 1 N–H and O–H groups in total. The van der Waals surface area contributed by atoms with Crippen LogP contribution in [-0.2, 0) is 0 Å². The van der Waals surface area contributed by atoms with Crippen LogP contribution in [0.2, 0.25) is 0 Å². The van der Waals surface area contributed by atoms with Gasteiger partial charge in [-0.1, -0.05) is 25.3 Å². The molecule has 1 aliphatic rings. The van der Waals surface area contributed by atoms with Gasteiger partial charge in [0.2, 0.25) is 0 Å². The maximum Gasteiger partial charge on any atom is 0.0545 e. The van der Waals surface area contributed by atoms with E-state index in [1.165, 1.54) is 19.3 Å². The highest BCUT2D eigenvalue weighted by Crippen LogP contribution is 2.31. The SMILES string of the molecule is C=CCCC(O)CC1CCC1. The molecular weight excluding hydrogens is 136 g/mol. The maximum absolute atomic E-state index is 9.47. The summed E-state index contributed by atoms with van der Waals surface area (Å²) < 4.78 is 0. The number of hydrogen-bond donors (Lipinski definition) is 1. The van der Waals surface area contributed by atoms with Crippen LogP contribution in [0, 0.1) is 5.92 Å². The third-order valence-corrected chi connectivity index (χ3v) is 2.53. The molecule has 1 heteroatoms. The fourth-order valence-corrected chi connectivity index (χ4v) is 1.54. The van der Waals surface area contributed by atoms with E-state index < -0.39 is 0 Å². The molecule has 1 nitrogen and oxygen atoms in total. The number of aliphatic hydroxyl groups excluding tert-OH is 1. The number of rotatable bonds is 5. The third-order valence-electron chi connectivity index (χ3n) is 2.53. The fraction of sp³-hybridized carbons (Fsp3) is 0.800. The first-order valence-corrected chi connectivity index (χ1v) is 4.62. The van der Waals surface area contributed by atoms with E-state index in [1.807, 2.05) is 6.08 Å². The molecule has 64 valence electrons. The van der Waals surface area contributed by atoms with Gasteiger partial charge in [-0.3, -0.25) is 0 Å². The molecule has 0 amide bonds. The second-order valence-corrected chi connectivity index (χ2v) is 3.55. The van der Waals surface area contributed by atoms with Gasteiger partial charge in [0, 0.05) is 0 Å². The lowest BCUT2D eigenvalue weighted by molar-refractivity contribution is 0.111. The summed E-state index contributed by atoms with van der Waals surface area (Å²) in [4.78, 5) is 0. The van der Waals surface area contributed by atoms with Crippen LogP contribution in [0.3, 0.4) is 0 Å². The third kappa shape index (κ3) is 3.06. The first kappa shape index (κ1) is 8.79. The van der Waals surface area contributed by atoms with Crippen LogP contribution in [0.25, 0.3) is 0 Å². The quantitative estimate of drug-likeness (QED) is 0.603. The van der Waals surface area contributed by atoms with Gasteiger partial charge in [0.25, 0.3) is 0 Å². The first-order chi connectivity index (χ1) is 5.33. The monoisotopic (exact) mass is 154 g/mol. The Morgan fingerprint density at radius 1 is 1.55 bits per heavy atom. The molecule has 11 heavy (non-hydrogen) atoms. The summed E-state index contributed by atoms with van der Waals surface area (Å²) in [6.07, 6.45) is 8.74. The van der Waals surface area contributed by atoms with Gasteiger partial charge in [0.1, 0.15) is 0 Å². The molecule has 1 saturated carbocycles. The summed E-state index contributed by atoms with van der Waals surface area (Å²) in [6, 6.07) is 0. The van der Waals surface area contributed by atoms with Crippen LogP contribution in [-0.4, -0.2) is 11.2 Å². The summed E-state index contributed by atoms with van der Waals surface area (Å²) >= 11 is 0. The van der Waals surface area contributed by atoms with Crippen molar-refractivity contribution in [3.05, 3.63) is 12.7 Å². The maximum atomic E-state index is 9.47. The topological polar surface area (TPSA) is 20.2 Å². The van der Waals surface area contributed by atoms with E-state index in [0.29, 0.717) is 0 Å². The normalized spacial score (nSPS) is 20.8. The van der Waals surface area contributed by atoms with Gasteiger partial charge in [-0.25, -0.2) is 0 Å². The molecule has 0 spiro atoms. The molecular formula is C10H18O. The van der Waals surface area contributed by atoms with Gasteiger partial charge in [-0.05, 0) is 25.2 Å². The van der Waals surface area contributed by atoms with Crippen molar-refractivity contribution in [2.45, 2.75) is 44.6 Å². The highest BCUT2D eigenvalue weighted by atomic mass is 16.3. The van der Waals surface area contributed by atoms with Crippen molar-refractivity contribution in [1.82, 2.24) is 0 Å². The minimum atomic E-state index is -0.0710. The van der Waals surface area contributed by atoms with Gasteiger partial charge < -0.3 is 5.11 Å². The number of hydrogen-bond acceptors (Lipinski definition) is 1. The Hall–Kier alpha value is -0.300. The Balaban J connectivity index is 1.99.